The fourth-order valence-corrected chi connectivity index (χ4v) is 3.11. The van der Waals surface area contributed by atoms with E-state index in [0.29, 0.717) is 35.6 Å². The van der Waals surface area contributed by atoms with Gasteiger partial charge in [0.2, 0.25) is 0 Å². The number of fused-ring (bicyclic) bond motifs is 1. The Kier molecular flexibility index (Phi) is 6.01. The third-order valence-electron chi connectivity index (χ3n) is 4.36. The van der Waals surface area contributed by atoms with Crippen LogP contribution < -0.4 is 10.4 Å². The number of rotatable bonds is 7. The third kappa shape index (κ3) is 4.48. The van der Waals surface area contributed by atoms with Crippen molar-refractivity contribution in [1.29, 1.82) is 0 Å². The van der Waals surface area contributed by atoms with E-state index in [2.05, 4.69) is 32.6 Å². The Morgan fingerprint density at radius 2 is 1.80 bits per heavy atom. The summed E-state index contributed by atoms with van der Waals surface area (Å²) in [7, 11) is 0. The summed E-state index contributed by atoms with van der Waals surface area (Å²) in [6.07, 6.45) is 0. The summed E-state index contributed by atoms with van der Waals surface area (Å²) in [5.41, 5.74) is 1.32. The lowest BCUT2D eigenvalue weighted by Gasteiger charge is -2.30. The van der Waals surface area contributed by atoms with Gasteiger partial charge >= 0.3 is 5.63 Å². The summed E-state index contributed by atoms with van der Waals surface area (Å²) in [4.78, 5) is 25.9. The molecule has 0 saturated carbocycles. The first-order chi connectivity index (χ1) is 11.7. The van der Waals surface area contributed by atoms with Gasteiger partial charge in [-0.05, 0) is 53.2 Å². The first-order valence-corrected chi connectivity index (χ1v) is 8.68. The van der Waals surface area contributed by atoms with Crippen molar-refractivity contribution in [3.63, 3.8) is 0 Å². The highest BCUT2D eigenvalue weighted by molar-refractivity contribution is 6.01. The summed E-state index contributed by atoms with van der Waals surface area (Å²) >= 11 is 0. The van der Waals surface area contributed by atoms with Gasteiger partial charge in [0, 0.05) is 36.1 Å². The van der Waals surface area contributed by atoms with Crippen LogP contribution in [0, 0.1) is 6.92 Å². The maximum atomic E-state index is 12.0. The van der Waals surface area contributed by atoms with Gasteiger partial charge in [0.05, 0.1) is 5.56 Å². The molecule has 2 aromatic rings. The van der Waals surface area contributed by atoms with E-state index in [-0.39, 0.29) is 5.78 Å². The van der Waals surface area contributed by atoms with Crippen LogP contribution in [0.2, 0.25) is 0 Å². The van der Waals surface area contributed by atoms with Gasteiger partial charge in [-0.15, -0.1) is 0 Å². The van der Waals surface area contributed by atoms with Gasteiger partial charge in [0.15, 0.2) is 5.78 Å². The summed E-state index contributed by atoms with van der Waals surface area (Å²) < 4.78 is 11.2. The highest BCUT2D eigenvalue weighted by Gasteiger charge is 2.16. The molecule has 25 heavy (non-hydrogen) atoms. The van der Waals surface area contributed by atoms with Crippen molar-refractivity contribution in [2.24, 2.45) is 0 Å². The van der Waals surface area contributed by atoms with Gasteiger partial charge < -0.3 is 9.15 Å². The van der Waals surface area contributed by atoms with Crippen molar-refractivity contribution in [3.05, 3.63) is 39.7 Å². The van der Waals surface area contributed by atoms with Crippen molar-refractivity contribution in [2.45, 2.75) is 53.6 Å². The number of benzene rings is 1. The molecule has 0 N–H and O–H groups in total. The molecule has 0 unspecified atom stereocenters. The predicted octanol–water partition coefficient (Wildman–Crippen LogP) is 3.80. The Morgan fingerprint density at radius 1 is 1.16 bits per heavy atom. The molecule has 5 heteroatoms. The maximum absolute atomic E-state index is 12.0. The molecular weight excluding hydrogens is 318 g/mol. The van der Waals surface area contributed by atoms with E-state index in [1.165, 1.54) is 13.0 Å². The van der Waals surface area contributed by atoms with Crippen LogP contribution in [0.1, 0.15) is 50.5 Å². The second kappa shape index (κ2) is 7.83. The number of ketones is 1. The molecule has 0 aliphatic carbocycles. The van der Waals surface area contributed by atoms with Crippen molar-refractivity contribution in [3.8, 4) is 5.75 Å². The van der Waals surface area contributed by atoms with Crippen LogP contribution in [0.4, 0.5) is 0 Å². The fraction of sp³-hybridized carbons (Fsp3) is 0.500. The standard InChI is InChI=1S/C20H27NO4/c1-12(2)21(13(3)4)7-8-24-18-11-19-16(10-17(18)15(6)22)14(5)9-20(23)25-19/h9-13H,7-8H2,1-6H3. The number of carbonyl (C=O) groups excluding carboxylic acids is 1. The van der Waals surface area contributed by atoms with Crippen LogP contribution in [0.15, 0.2) is 27.4 Å². The molecule has 0 radical (unpaired) electrons. The number of ether oxygens (including phenoxy) is 1. The lowest BCUT2D eigenvalue weighted by molar-refractivity contribution is 0.101. The Bertz CT molecular complexity index is 812. The van der Waals surface area contributed by atoms with Crippen molar-refractivity contribution in [2.75, 3.05) is 13.2 Å². The molecule has 1 aromatic carbocycles. The zero-order valence-corrected chi connectivity index (χ0v) is 15.9. The number of hydrogen-bond acceptors (Lipinski definition) is 5. The smallest absolute Gasteiger partial charge is 0.336 e. The monoisotopic (exact) mass is 345 g/mol. The molecule has 5 nitrogen and oxygen atoms in total. The quantitative estimate of drug-likeness (QED) is 0.564. The Morgan fingerprint density at radius 3 is 2.36 bits per heavy atom. The minimum atomic E-state index is -0.405. The molecule has 1 aromatic heterocycles. The van der Waals surface area contributed by atoms with E-state index in [0.717, 1.165) is 17.5 Å². The summed E-state index contributed by atoms with van der Waals surface area (Å²) in [5.74, 6) is 0.383. The Hall–Kier alpha value is -2.14. The molecule has 1 heterocycles. The van der Waals surface area contributed by atoms with Gasteiger partial charge in [0.1, 0.15) is 17.9 Å². The van der Waals surface area contributed by atoms with E-state index in [1.54, 1.807) is 12.1 Å². The molecule has 136 valence electrons. The average molecular weight is 345 g/mol. The third-order valence-corrected chi connectivity index (χ3v) is 4.36. The molecular formula is C20H27NO4. The van der Waals surface area contributed by atoms with Crippen LogP contribution in [-0.4, -0.2) is 35.9 Å². The van der Waals surface area contributed by atoms with Gasteiger partial charge in [0.25, 0.3) is 0 Å². The molecule has 0 saturated heterocycles. The van der Waals surface area contributed by atoms with Crippen LogP contribution in [0.5, 0.6) is 5.75 Å². The highest BCUT2D eigenvalue weighted by Crippen LogP contribution is 2.27. The summed E-state index contributed by atoms with van der Waals surface area (Å²) in [6.45, 7) is 13.1. The number of carbonyl (C=O) groups is 1. The second-order valence-corrected chi connectivity index (χ2v) is 6.92. The predicted molar refractivity (Wildman–Crippen MR) is 99.7 cm³/mol. The minimum Gasteiger partial charge on any atom is -0.491 e. The number of aryl methyl sites for hydroxylation is 1. The molecule has 0 bridgehead atoms. The van der Waals surface area contributed by atoms with Crippen LogP contribution in [-0.2, 0) is 0 Å². The van der Waals surface area contributed by atoms with E-state index < -0.39 is 5.63 Å². The molecule has 2 rings (SSSR count). The van der Waals surface area contributed by atoms with Crippen LogP contribution in [0.25, 0.3) is 11.0 Å². The number of nitrogens with zero attached hydrogens (tertiary/aromatic N) is 1. The topological polar surface area (TPSA) is 59.8 Å². The average Bonchev–Trinajstić information content (AvgIpc) is 2.49. The lowest BCUT2D eigenvalue weighted by atomic mass is 10.0. The zero-order valence-electron chi connectivity index (χ0n) is 15.9. The van der Waals surface area contributed by atoms with Crippen LogP contribution >= 0.6 is 0 Å². The Labute approximate surface area is 148 Å². The van der Waals surface area contributed by atoms with E-state index in [1.807, 2.05) is 6.92 Å². The first-order valence-electron chi connectivity index (χ1n) is 8.68. The highest BCUT2D eigenvalue weighted by atomic mass is 16.5. The number of hydrogen-bond donors (Lipinski definition) is 0. The van der Waals surface area contributed by atoms with Gasteiger partial charge in [-0.3, -0.25) is 9.69 Å². The fourth-order valence-electron chi connectivity index (χ4n) is 3.11. The van der Waals surface area contributed by atoms with Crippen LogP contribution in [0.3, 0.4) is 0 Å². The first kappa shape index (κ1) is 19.2. The molecule has 0 aliphatic rings. The van der Waals surface area contributed by atoms with E-state index >= 15 is 0 Å². The normalized spacial score (nSPS) is 11.7. The zero-order chi connectivity index (χ0) is 18.7. The molecule has 0 spiro atoms. The molecule has 0 atom stereocenters. The molecule has 0 aliphatic heterocycles. The lowest BCUT2D eigenvalue weighted by Crippen LogP contribution is -2.39. The Balaban J connectivity index is 2.31. The second-order valence-electron chi connectivity index (χ2n) is 6.92. The minimum absolute atomic E-state index is 0.0768. The number of Topliss-reactive ketones (excluding diaryl/α,β-unsaturated/α-hetero) is 1. The van der Waals surface area contributed by atoms with Crippen molar-refractivity contribution < 1.29 is 13.9 Å². The van der Waals surface area contributed by atoms with Gasteiger partial charge in [-0.1, -0.05) is 0 Å². The van der Waals surface area contributed by atoms with Crippen molar-refractivity contribution in [1.82, 2.24) is 4.90 Å². The van der Waals surface area contributed by atoms with Gasteiger partial charge in [-0.2, -0.15) is 0 Å². The summed E-state index contributed by atoms with van der Waals surface area (Å²) in [6, 6.07) is 5.64. The largest absolute Gasteiger partial charge is 0.491 e. The summed E-state index contributed by atoms with van der Waals surface area (Å²) in [5, 5.41) is 0.753. The van der Waals surface area contributed by atoms with Gasteiger partial charge in [-0.25, -0.2) is 4.79 Å². The van der Waals surface area contributed by atoms with E-state index in [9.17, 15) is 9.59 Å². The van der Waals surface area contributed by atoms with E-state index in [4.69, 9.17) is 9.15 Å². The molecule has 0 fully saturated rings. The SMILES string of the molecule is CC(=O)c1cc2c(C)cc(=O)oc2cc1OCCN(C(C)C)C(C)C. The molecule has 0 amide bonds. The van der Waals surface area contributed by atoms with Crippen molar-refractivity contribution >= 4 is 16.8 Å². The maximum Gasteiger partial charge on any atom is 0.336 e.